The molecule has 128 valence electrons. The van der Waals surface area contributed by atoms with Gasteiger partial charge in [-0.3, -0.25) is 9.69 Å². The Labute approximate surface area is 141 Å². The minimum absolute atomic E-state index is 0. The summed E-state index contributed by atoms with van der Waals surface area (Å²) in [6.07, 6.45) is 10.1. The third-order valence-electron chi connectivity index (χ3n) is 5.92. The molecule has 0 aromatic carbocycles. The molecule has 2 heterocycles. The number of hydrogen-bond donors (Lipinski definition) is 2. The number of hydrogen-bond acceptors (Lipinski definition) is 3. The van der Waals surface area contributed by atoms with E-state index in [1.165, 1.54) is 44.9 Å². The van der Waals surface area contributed by atoms with Gasteiger partial charge in [0.05, 0.1) is 6.54 Å². The van der Waals surface area contributed by atoms with Gasteiger partial charge in [-0.05, 0) is 51.5 Å². The van der Waals surface area contributed by atoms with E-state index in [4.69, 9.17) is 0 Å². The van der Waals surface area contributed by atoms with Crippen LogP contribution in [0.3, 0.4) is 0 Å². The Bertz CT molecular complexity index is 367. The Morgan fingerprint density at radius 2 is 1.77 bits per heavy atom. The van der Waals surface area contributed by atoms with Crippen molar-refractivity contribution in [2.45, 2.75) is 82.5 Å². The molecule has 1 amide bonds. The second-order valence-electron chi connectivity index (χ2n) is 7.61. The molecule has 3 aliphatic rings. The summed E-state index contributed by atoms with van der Waals surface area (Å²) in [5.41, 5.74) is 0. The SMILES string of the molecule is CC1CCCCC1NC(=O)CN(C)C1CC2CCC(C1)N2.Cl. The van der Waals surface area contributed by atoms with Crippen molar-refractivity contribution in [1.29, 1.82) is 0 Å². The van der Waals surface area contributed by atoms with Crippen LogP contribution in [0.25, 0.3) is 0 Å². The summed E-state index contributed by atoms with van der Waals surface area (Å²) in [5, 5.41) is 6.95. The van der Waals surface area contributed by atoms with Gasteiger partial charge in [0.25, 0.3) is 0 Å². The van der Waals surface area contributed by atoms with Crippen LogP contribution in [0.2, 0.25) is 0 Å². The summed E-state index contributed by atoms with van der Waals surface area (Å²) in [4.78, 5) is 14.6. The molecule has 22 heavy (non-hydrogen) atoms. The van der Waals surface area contributed by atoms with Crippen molar-refractivity contribution in [3.63, 3.8) is 0 Å². The van der Waals surface area contributed by atoms with Crippen molar-refractivity contribution in [1.82, 2.24) is 15.5 Å². The Morgan fingerprint density at radius 3 is 2.41 bits per heavy atom. The molecule has 2 bridgehead atoms. The summed E-state index contributed by atoms with van der Waals surface area (Å²) in [7, 11) is 2.12. The zero-order chi connectivity index (χ0) is 14.8. The molecule has 0 spiro atoms. The fourth-order valence-electron chi connectivity index (χ4n) is 4.53. The molecule has 5 heteroatoms. The third kappa shape index (κ3) is 4.36. The fourth-order valence-corrected chi connectivity index (χ4v) is 4.53. The highest BCUT2D eigenvalue weighted by Crippen LogP contribution is 2.29. The molecule has 3 rings (SSSR count). The maximum atomic E-state index is 12.3. The van der Waals surface area contributed by atoms with Crippen LogP contribution in [0, 0.1) is 5.92 Å². The first-order chi connectivity index (χ1) is 10.1. The molecule has 1 aliphatic carbocycles. The van der Waals surface area contributed by atoms with Gasteiger partial charge in [0.15, 0.2) is 0 Å². The number of piperidine rings is 1. The lowest BCUT2D eigenvalue weighted by Crippen LogP contribution is -2.51. The molecule has 3 fully saturated rings. The van der Waals surface area contributed by atoms with Gasteiger partial charge in [0.1, 0.15) is 0 Å². The molecule has 0 radical (unpaired) electrons. The first kappa shape index (κ1) is 18.0. The number of fused-ring (bicyclic) bond motifs is 2. The first-order valence-corrected chi connectivity index (χ1v) is 8.87. The van der Waals surface area contributed by atoms with E-state index in [0.717, 1.165) is 6.42 Å². The van der Waals surface area contributed by atoms with Crippen LogP contribution in [0.4, 0.5) is 0 Å². The standard InChI is InChI=1S/C17H31N3O.ClH/c1-12-5-3-4-6-16(12)19-17(21)11-20(2)15-9-13-7-8-14(10-15)18-13;/h12-16,18H,3-11H2,1-2H3,(H,19,21);1H. The van der Waals surface area contributed by atoms with Crippen molar-refractivity contribution >= 4 is 18.3 Å². The molecule has 4 nitrogen and oxygen atoms in total. The summed E-state index contributed by atoms with van der Waals surface area (Å²) in [6.45, 7) is 2.84. The van der Waals surface area contributed by atoms with Gasteiger partial charge in [-0.15, -0.1) is 12.4 Å². The van der Waals surface area contributed by atoms with Gasteiger partial charge in [0.2, 0.25) is 5.91 Å². The number of carbonyl (C=O) groups is 1. The molecule has 0 aromatic rings. The predicted molar refractivity (Wildman–Crippen MR) is 92.4 cm³/mol. The molecule has 2 N–H and O–H groups in total. The van der Waals surface area contributed by atoms with Crippen molar-refractivity contribution < 1.29 is 4.79 Å². The average molecular weight is 330 g/mol. The van der Waals surface area contributed by atoms with Gasteiger partial charge in [-0.2, -0.15) is 0 Å². The maximum Gasteiger partial charge on any atom is 0.234 e. The number of rotatable bonds is 4. The van der Waals surface area contributed by atoms with Crippen LogP contribution in [-0.2, 0) is 4.79 Å². The first-order valence-electron chi connectivity index (χ1n) is 8.87. The molecular formula is C17H32ClN3O. The Balaban J connectivity index is 0.00000176. The number of carbonyl (C=O) groups excluding carboxylic acids is 1. The van der Waals surface area contributed by atoms with Crippen LogP contribution >= 0.6 is 12.4 Å². The topological polar surface area (TPSA) is 44.4 Å². The third-order valence-corrected chi connectivity index (χ3v) is 5.92. The largest absolute Gasteiger partial charge is 0.352 e. The molecule has 2 aliphatic heterocycles. The second kappa shape index (κ2) is 7.98. The fraction of sp³-hybridized carbons (Fsp3) is 0.941. The number of nitrogens with one attached hydrogen (secondary N) is 2. The predicted octanol–water partition coefficient (Wildman–Crippen LogP) is 2.32. The zero-order valence-electron chi connectivity index (χ0n) is 14.0. The van der Waals surface area contributed by atoms with Gasteiger partial charge in [-0.1, -0.05) is 19.8 Å². The molecule has 0 aromatic heterocycles. The molecule has 4 atom stereocenters. The zero-order valence-corrected chi connectivity index (χ0v) is 14.8. The number of nitrogens with zero attached hydrogens (tertiary/aromatic N) is 1. The van der Waals surface area contributed by atoms with Gasteiger partial charge >= 0.3 is 0 Å². The van der Waals surface area contributed by atoms with Crippen molar-refractivity contribution in [2.24, 2.45) is 5.92 Å². The van der Waals surface area contributed by atoms with E-state index in [-0.39, 0.29) is 18.3 Å². The Kier molecular flexibility index (Phi) is 6.54. The van der Waals surface area contributed by atoms with Crippen molar-refractivity contribution in [3.8, 4) is 0 Å². The van der Waals surface area contributed by atoms with E-state index in [2.05, 4.69) is 29.5 Å². The highest BCUT2D eigenvalue weighted by molar-refractivity contribution is 5.85. The lowest BCUT2D eigenvalue weighted by Gasteiger charge is -2.36. The highest BCUT2D eigenvalue weighted by atomic mass is 35.5. The quantitative estimate of drug-likeness (QED) is 0.832. The van der Waals surface area contributed by atoms with Crippen molar-refractivity contribution in [3.05, 3.63) is 0 Å². The monoisotopic (exact) mass is 329 g/mol. The summed E-state index contributed by atoms with van der Waals surface area (Å²) in [6, 6.07) is 2.37. The van der Waals surface area contributed by atoms with E-state index in [9.17, 15) is 4.79 Å². The van der Waals surface area contributed by atoms with Crippen molar-refractivity contribution in [2.75, 3.05) is 13.6 Å². The van der Waals surface area contributed by atoms with E-state index in [1.54, 1.807) is 0 Å². The van der Waals surface area contributed by atoms with Gasteiger partial charge in [0, 0.05) is 24.2 Å². The Morgan fingerprint density at radius 1 is 1.14 bits per heavy atom. The highest BCUT2D eigenvalue weighted by Gasteiger charge is 2.35. The van der Waals surface area contributed by atoms with Crippen LogP contribution in [0.5, 0.6) is 0 Å². The molecular weight excluding hydrogens is 298 g/mol. The molecule has 1 saturated carbocycles. The van der Waals surface area contributed by atoms with Crippen LogP contribution in [0.1, 0.15) is 58.3 Å². The number of amides is 1. The van der Waals surface area contributed by atoms with E-state index in [1.807, 2.05) is 0 Å². The average Bonchev–Trinajstić information content (AvgIpc) is 2.80. The minimum Gasteiger partial charge on any atom is -0.352 e. The molecule has 2 saturated heterocycles. The number of halogens is 1. The lowest BCUT2D eigenvalue weighted by molar-refractivity contribution is -0.123. The van der Waals surface area contributed by atoms with Crippen LogP contribution in [-0.4, -0.2) is 48.6 Å². The summed E-state index contributed by atoms with van der Waals surface area (Å²) >= 11 is 0. The van der Waals surface area contributed by atoms with Crippen LogP contribution in [0.15, 0.2) is 0 Å². The van der Waals surface area contributed by atoms with E-state index >= 15 is 0 Å². The van der Waals surface area contributed by atoms with Gasteiger partial charge in [-0.25, -0.2) is 0 Å². The molecule has 4 unspecified atom stereocenters. The summed E-state index contributed by atoms with van der Waals surface area (Å²) < 4.78 is 0. The summed E-state index contributed by atoms with van der Waals surface area (Å²) in [5.74, 6) is 0.866. The minimum atomic E-state index is 0. The number of likely N-dealkylation sites (N-methyl/N-ethyl adjacent to an activating group) is 1. The second-order valence-corrected chi connectivity index (χ2v) is 7.61. The normalized spacial score (nSPS) is 37.7. The maximum absolute atomic E-state index is 12.3. The lowest BCUT2D eigenvalue weighted by atomic mass is 9.86. The van der Waals surface area contributed by atoms with E-state index < -0.39 is 0 Å². The van der Waals surface area contributed by atoms with E-state index in [0.29, 0.717) is 36.6 Å². The van der Waals surface area contributed by atoms with Crippen LogP contribution < -0.4 is 10.6 Å². The van der Waals surface area contributed by atoms with Gasteiger partial charge < -0.3 is 10.6 Å². The smallest absolute Gasteiger partial charge is 0.234 e. The Hall–Kier alpha value is -0.320.